The van der Waals surface area contributed by atoms with E-state index >= 15 is 0 Å². The molecule has 8 heteroatoms. The monoisotopic (exact) mass is 289 g/mol. The molecule has 108 valence electrons. The first-order chi connectivity index (χ1) is 9.31. The molecule has 0 aliphatic heterocycles. The van der Waals surface area contributed by atoms with Gasteiger partial charge in [-0.2, -0.15) is 8.78 Å². The highest BCUT2D eigenvalue weighted by atomic mass is 19.3. The van der Waals surface area contributed by atoms with Crippen molar-refractivity contribution in [1.82, 2.24) is 10.3 Å². The minimum absolute atomic E-state index is 0.0250. The number of fused-ring (bicyclic) bond motifs is 1. The minimum Gasteiger partial charge on any atom is -0.397 e. The lowest BCUT2D eigenvalue weighted by Gasteiger charge is -2.15. The SMILES string of the molecule is Nc1cccc2cc(C(=O)NCC(F)(F)C(F)F)[nH]c12. The number of carbonyl (C=O) groups is 1. The first-order valence-corrected chi connectivity index (χ1v) is 5.62. The van der Waals surface area contributed by atoms with Gasteiger partial charge in [-0.05, 0) is 12.1 Å². The van der Waals surface area contributed by atoms with E-state index in [9.17, 15) is 22.4 Å². The van der Waals surface area contributed by atoms with E-state index in [0.717, 1.165) is 0 Å². The molecule has 0 spiro atoms. The standard InChI is InChI=1S/C12H11F4N3O/c13-11(14)12(15,16)5-18-10(20)8-4-6-2-1-3-7(17)9(6)19-8/h1-4,11,19H,5,17H2,(H,18,20). The Bertz CT molecular complexity index is 639. The van der Waals surface area contributed by atoms with Gasteiger partial charge in [-0.25, -0.2) is 8.78 Å². The van der Waals surface area contributed by atoms with E-state index in [4.69, 9.17) is 5.73 Å². The zero-order valence-corrected chi connectivity index (χ0v) is 10.1. The number of amides is 1. The van der Waals surface area contributed by atoms with Crippen molar-refractivity contribution in [3.63, 3.8) is 0 Å². The molecule has 2 rings (SSSR count). The maximum atomic E-state index is 12.7. The number of aromatic amines is 1. The number of benzene rings is 1. The Labute approximate surface area is 110 Å². The van der Waals surface area contributed by atoms with E-state index < -0.39 is 24.8 Å². The van der Waals surface area contributed by atoms with E-state index in [1.54, 1.807) is 23.5 Å². The second kappa shape index (κ2) is 5.03. The number of nitrogens with two attached hydrogens (primary N) is 1. The fraction of sp³-hybridized carbons (Fsp3) is 0.250. The lowest BCUT2D eigenvalue weighted by molar-refractivity contribution is -0.123. The summed E-state index contributed by atoms with van der Waals surface area (Å²) in [6.07, 6.45) is -3.83. The first-order valence-electron chi connectivity index (χ1n) is 5.62. The van der Waals surface area contributed by atoms with Gasteiger partial charge in [0.1, 0.15) is 5.69 Å². The van der Waals surface area contributed by atoms with Gasteiger partial charge in [0, 0.05) is 5.39 Å². The van der Waals surface area contributed by atoms with Crippen LogP contribution in [0.5, 0.6) is 0 Å². The number of hydrogen-bond donors (Lipinski definition) is 3. The van der Waals surface area contributed by atoms with Gasteiger partial charge < -0.3 is 16.0 Å². The van der Waals surface area contributed by atoms with Crippen LogP contribution >= 0.6 is 0 Å². The lowest BCUT2D eigenvalue weighted by Crippen LogP contribution is -2.41. The molecule has 0 atom stereocenters. The summed E-state index contributed by atoms with van der Waals surface area (Å²) in [5.74, 6) is -5.17. The molecule has 0 bridgehead atoms. The molecular formula is C12H11F4N3O. The third-order valence-corrected chi connectivity index (χ3v) is 2.74. The Balaban J connectivity index is 2.14. The average molecular weight is 289 g/mol. The largest absolute Gasteiger partial charge is 0.397 e. The highest BCUT2D eigenvalue weighted by Crippen LogP contribution is 2.23. The van der Waals surface area contributed by atoms with Crippen molar-refractivity contribution in [1.29, 1.82) is 0 Å². The second-order valence-electron chi connectivity index (χ2n) is 4.24. The van der Waals surface area contributed by atoms with Crippen LogP contribution in [0.15, 0.2) is 24.3 Å². The van der Waals surface area contributed by atoms with Crippen LogP contribution in [-0.2, 0) is 0 Å². The van der Waals surface area contributed by atoms with Crippen LogP contribution in [0.3, 0.4) is 0 Å². The van der Waals surface area contributed by atoms with Crippen molar-refractivity contribution >= 4 is 22.5 Å². The summed E-state index contributed by atoms with van der Waals surface area (Å²) in [5.41, 5.74) is 6.52. The number of carbonyl (C=O) groups excluding carboxylic acids is 1. The maximum absolute atomic E-state index is 12.7. The third kappa shape index (κ3) is 2.68. The van der Waals surface area contributed by atoms with Crippen LogP contribution in [0.1, 0.15) is 10.5 Å². The quantitative estimate of drug-likeness (QED) is 0.597. The highest BCUT2D eigenvalue weighted by Gasteiger charge is 2.40. The van der Waals surface area contributed by atoms with Gasteiger partial charge in [-0.15, -0.1) is 0 Å². The van der Waals surface area contributed by atoms with Gasteiger partial charge >= 0.3 is 12.3 Å². The topological polar surface area (TPSA) is 70.9 Å². The summed E-state index contributed by atoms with van der Waals surface area (Å²) >= 11 is 0. The molecule has 0 radical (unpaired) electrons. The number of halogens is 4. The number of aromatic nitrogens is 1. The third-order valence-electron chi connectivity index (χ3n) is 2.74. The van der Waals surface area contributed by atoms with Crippen LogP contribution in [0, 0.1) is 0 Å². The fourth-order valence-corrected chi connectivity index (χ4v) is 1.67. The number of hydrogen-bond acceptors (Lipinski definition) is 2. The molecule has 1 heterocycles. The Morgan fingerprint density at radius 1 is 1.40 bits per heavy atom. The summed E-state index contributed by atoms with van der Waals surface area (Å²) < 4.78 is 49.3. The zero-order chi connectivity index (χ0) is 14.9. The van der Waals surface area contributed by atoms with Crippen LogP contribution < -0.4 is 11.1 Å². The molecule has 1 amide bonds. The van der Waals surface area contributed by atoms with Crippen molar-refractivity contribution in [2.75, 3.05) is 12.3 Å². The predicted octanol–water partition coefficient (Wildman–Crippen LogP) is 2.38. The zero-order valence-electron chi connectivity index (χ0n) is 10.1. The highest BCUT2D eigenvalue weighted by molar-refractivity contribution is 6.00. The number of anilines is 1. The summed E-state index contributed by atoms with van der Waals surface area (Å²) in [6, 6.07) is 6.35. The molecule has 20 heavy (non-hydrogen) atoms. The number of alkyl halides is 4. The normalized spacial score (nSPS) is 12.1. The number of rotatable bonds is 4. The fourth-order valence-electron chi connectivity index (χ4n) is 1.67. The Morgan fingerprint density at radius 3 is 2.70 bits per heavy atom. The molecule has 0 fully saturated rings. The van der Waals surface area contributed by atoms with Gasteiger partial charge in [-0.1, -0.05) is 12.1 Å². The summed E-state index contributed by atoms with van der Waals surface area (Å²) in [7, 11) is 0. The Hall–Kier alpha value is -2.25. The molecule has 2 aromatic rings. The van der Waals surface area contributed by atoms with E-state index in [1.807, 2.05) is 0 Å². The number of para-hydroxylation sites is 1. The lowest BCUT2D eigenvalue weighted by atomic mass is 10.2. The van der Waals surface area contributed by atoms with Crippen molar-refractivity contribution < 1.29 is 22.4 Å². The van der Waals surface area contributed by atoms with Crippen molar-refractivity contribution in [3.8, 4) is 0 Å². The van der Waals surface area contributed by atoms with Crippen LogP contribution in [0.25, 0.3) is 10.9 Å². The molecular weight excluding hydrogens is 278 g/mol. The van der Waals surface area contributed by atoms with E-state index in [2.05, 4.69) is 4.98 Å². The summed E-state index contributed by atoms with van der Waals surface area (Å²) in [5, 5.41) is 2.38. The van der Waals surface area contributed by atoms with E-state index in [-0.39, 0.29) is 5.69 Å². The summed E-state index contributed by atoms with van der Waals surface area (Å²) in [4.78, 5) is 14.3. The Kier molecular flexibility index (Phi) is 3.56. The molecule has 4 N–H and O–H groups in total. The molecule has 0 unspecified atom stereocenters. The molecule has 0 aliphatic rings. The number of nitrogen functional groups attached to an aromatic ring is 1. The summed E-state index contributed by atoms with van der Waals surface area (Å²) in [6.45, 7) is -1.44. The number of H-pyrrole nitrogens is 1. The van der Waals surface area contributed by atoms with Crippen molar-refractivity contribution in [2.24, 2.45) is 0 Å². The number of nitrogens with one attached hydrogen (secondary N) is 2. The molecule has 1 aromatic heterocycles. The van der Waals surface area contributed by atoms with E-state index in [1.165, 1.54) is 6.07 Å². The molecule has 4 nitrogen and oxygen atoms in total. The minimum atomic E-state index is -4.26. The van der Waals surface area contributed by atoms with Crippen molar-refractivity contribution in [2.45, 2.75) is 12.3 Å². The first kappa shape index (κ1) is 14.2. The predicted molar refractivity (Wildman–Crippen MR) is 66.0 cm³/mol. The smallest absolute Gasteiger partial charge is 0.324 e. The van der Waals surface area contributed by atoms with Crippen molar-refractivity contribution in [3.05, 3.63) is 30.0 Å². The maximum Gasteiger partial charge on any atom is 0.324 e. The van der Waals surface area contributed by atoms with Gasteiger partial charge in [0.15, 0.2) is 0 Å². The van der Waals surface area contributed by atoms with Crippen LogP contribution in [0.4, 0.5) is 23.2 Å². The molecule has 0 aliphatic carbocycles. The van der Waals surface area contributed by atoms with Gasteiger partial charge in [0.05, 0.1) is 17.7 Å². The Morgan fingerprint density at radius 2 is 2.10 bits per heavy atom. The van der Waals surface area contributed by atoms with Gasteiger partial charge in [0.25, 0.3) is 5.91 Å². The van der Waals surface area contributed by atoms with Crippen LogP contribution in [-0.4, -0.2) is 29.8 Å². The van der Waals surface area contributed by atoms with E-state index in [0.29, 0.717) is 16.6 Å². The molecule has 0 saturated carbocycles. The molecule has 1 aromatic carbocycles. The molecule has 0 saturated heterocycles. The van der Waals surface area contributed by atoms with Gasteiger partial charge in [-0.3, -0.25) is 4.79 Å². The van der Waals surface area contributed by atoms with Crippen LogP contribution in [0.2, 0.25) is 0 Å². The second-order valence-corrected chi connectivity index (χ2v) is 4.24. The van der Waals surface area contributed by atoms with Gasteiger partial charge in [0.2, 0.25) is 0 Å². The average Bonchev–Trinajstić information content (AvgIpc) is 2.81.